The van der Waals surface area contributed by atoms with Crippen LogP contribution >= 0.6 is 0 Å². The summed E-state index contributed by atoms with van der Waals surface area (Å²) in [4.78, 5) is 2.47. The Morgan fingerprint density at radius 3 is 2.52 bits per heavy atom. The summed E-state index contributed by atoms with van der Waals surface area (Å²) in [6.45, 7) is 15.3. The SMILES string of the molecule is CCOCCN(C)CC1(CNCC(C)C)CCC(C)CC1. The molecule has 0 bridgehead atoms. The Morgan fingerprint density at radius 2 is 1.95 bits per heavy atom. The summed E-state index contributed by atoms with van der Waals surface area (Å²) in [6, 6.07) is 0. The van der Waals surface area contributed by atoms with Crippen molar-refractivity contribution in [2.75, 3.05) is 46.4 Å². The molecule has 0 unspecified atom stereocenters. The minimum Gasteiger partial charge on any atom is -0.380 e. The third-order valence-corrected chi connectivity index (χ3v) is 4.81. The highest BCUT2D eigenvalue weighted by atomic mass is 16.5. The quantitative estimate of drug-likeness (QED) is 0.626. The molecule has 126 valence electrons. The average molecular weight is 299 g/mol. The van der Waals surface area contributed by atoms with Gasteiger partial charge in [0, 0.05) is 26.2 Å². The summed E-state index contributed by atoms with van der Waals surface area (Å²) in [5.74, 6) is 1.65. The van der Waals surface area contributed by atoms with E-state index in [1.54, 1.807) is 0 Å². The van der Waals surface area contributed by atoms with Gasteiger partial charge in [-0.1, -0.05) is 33.6 Å². The molecule has 0 spiro atoms. The molecule has 0 aromatic carbocycles. The fraction of sp³-hybridized carbons (Fsp3) is 1.00. The second-order valence-electron chi connectivity index (χ2n) is 7.64. The van der Waals surface area contributed by atoms with Gasteiger partial charge in [-0.2, -0.15) is 0 Å². The second kappa shape index (κ2) is 9.81. The number of hydrogen-bond acceptors (Lipinski definition) is 3. The Morgan fingerprint density at radius 1 is 1.29 bits per heavy atom. The molecule has 21 heavy (non-hydrogen) atoms. The molecular weight excluding hydrogens is 260 g/mol. The number of ether oxygens (including phenoxy) is 1. The van der Waals surface area contributed by atoms with Crippen molar-refractivity contribution in [1.29, 1.82) is 0 Å². The van der Waals surface area contributed by atoms with Gasteiger partial charge >= 0.3 is 0 Å². The highest BCUT2D eigenvalue weighted by Crippen LogP contribution is 2.39. The molecule has 3 nitrogen and oxygen atoms in total. The molecule has 0 saturated heterocycles. The number of likely N-dealkylation sites (N-methyl/N-ethyl adjacent to an activating group) is 1. The fourth-order valence-electron chi connectivity index (χ4n) is 3.41. The molecule has 0 atom stereocenters. The maximum atomic E-state index is 5.50. The third-order valence-electron chi connectivity index (χ3n) is 4.81. The summed E-state index contributed by atoms with van der Waals surface area (Å²) >= 11 is 0. The van der Waals surface area contributed by atoms with E-state index in [9.17, 15) is 0 Å². The highest BCUT2D eigenvalue weighted by Gasteiger charge is 2.34. The zero-order valence-electron chi connectivity index (χ0n) is 15.1. The first-order valence-corrected chi connectivity index (χ1v) is 8.94. The van der Waals surface area contributed by atoms with Gasteiger partial charge in [-0.3, -0.25) is 0 Å². The van der Waals surface area contributed by atoms with Crippen molar-refractivity contribution in [3.8, 4) is 0 Å². The van der Waals surface area contributed by atoms with Crippen LogP contribution in [0.25, 0.3) is 0 Å². The predicted octanol–water partition coefficient (Wildman–Crippen LogP) is 3.40. The Kier molecular flexibility index (Phi) is 8.84. The van der Waals surface area contributed by atoms with Gasteiger partial charge in [0.15, 0.2) is 0 Å². The Hall–Kier alpha value is -0.120. The maximum Gasteiger partial charge on any atom is 0.0593 e. The van der Waals surface area contributed by atoms with Crippen LogP contribution in [0.1, 0.15) is 53.4 Å². The average Bonchev–Trinajstić information content (AvgIpc) is 2.42. The van der Waals surface area contributed by atoms with Crippen LogP contribution in [-0.2, 0) is 4.74 Å². The molecule has 0 heterocycles. The van der Waals surface area contributed by atoms with Gasteiger partial charge in [-0.05, 0) is 50.6 Å². The minimum absolute atomic E-state index is 0.475. The molecule has 1 fully saturated rings. The van der Waals surface area contributed by atoms with Crippen LogP contribution in [0.4, 0.5) is 0 Å². The lowest BCUT2D eigenvalue weighted by molar-refractivity contribution is 0.0718. The van der Waals surface area contributed by atoms with Crippen molar-refractivity contribution in [3.63, 3.8) is 0 Å². The second-order valence-corrected chi connectivity index (χ2v) is 7.64. The zero-order chi connectivity index (χ0) is 15.7. The topological polar surface area (TPSA) is 24.5 Å². The van der Waals surface area contributed by atoms with Crippen molar-refractivity contribution in [1.82, 2.24) is 10.2 Å². The highest BCUT2D eigenvalue weighted by molar-refractivity contribution is 4.89. The van der Waals surface area contributed by atoms with Gasteiger partial charge in [0.05, 0.1) is 6.61 Å². The largest absolute Gasteiger partial charge is 0.380 e. The summed E-state index contributed by atoms with van der Waals surface area (Å²) < 4.78 is 5.50. The molecule has 1 saturated carbocycles. The summed E-state index contributed by atoms with van der Waals surface area (Å²) in [6.07, 6.45) is 5.53. The van der Waals surface area contributed by atoms with E-state index in [0.29, 0.717) is 5.41 Å². The monoisotopic (exact) mass is 298 g/mol. The Bertz CT molecular complexity index is 260. The van der Waals surface area contributed by atoms with Crippen LogP contribution in [0.2, 0.25) is 0 Å². The van der Waals surface area contributed by atoms with Crippen LogP contribution < -0.4 is 5.32 Å². The molecule has 0 radical (unpaired) electrons. The molecule has 0 aromatic heterocycles. The first-order chi connectivity index (χ1) is 9.97. The molecule has 1 N–H and O–H groups in total. The van der Waals surface area contributed by atoms with Gasteiger partial charge in [-0.15, -0.1) is 0 Å². The van der Waals surface area contributed by atoms with Crippen LogP contribution in [-0.4, -0.2) is 51.3 Å². The third kappa shape index (κ3) is 7.62. The molecule has 3 heteroatoms. The van der Waals surface area contributed by atoms with Crippen molar-refractivity contribution in [3.05, 3.63) is 0 Å². The molecule has 1 aliphatic rings. The molecule has 1 aliphatic carbocycles. The maximum absolute atomic E-state index is 5.50. The van der Waals surface area contributed by atoms with Crippen molar-refractivity contribution < 1.29 is 4.74 Å². The number of rotatable bonds is 10. The molecule has 1 rings (SSSR count). The van der Waals surface area contributed by atoms with Crippen LogP contribution in [0.3, 0.4) is 0 Å². The Balaban J connectivity index is 2.47. The van der Waals surface area contributed by atoms with E-state index in [2.05, 4.69) is 45.0 Å². The first-order valence-electron chi connectivity index (χ1n) is 8.94. The zero-order valence-corrected chi connectivity index (χ0v) is 15.1. The van der Waals surface area contributed by atoms with E-state index in [0.717, 1.165) is 38.1 Å². The first kappa shape index (κ1) is 18.9. The number of hydrogen-bond donors (Lipinski definition) is 1. The minimum atomic E-state index is 0.475. The summed E-state index contributed by atoms with van der Waals surface area (Å²) in [5, 5.41) is 3.72. The predicted molar refractivity (Wildman–Crippen MR) is 91.8 cm³/mol. The summed E-state index contributed by atoms with van der Waals surface area (Å²) in [5.41, 5.74) is 0.475. The van der Waals surface area contributed by atoms with E-state index in [1.807, 2.05) is 0 Å². The lowest BCUT2D eigenvalue weighted by atomic mass is 9.70. The van der Waals surface area contributed by atoms with E-state index in [-0.39, 0.29) is 0 Å². The normalized spacial score (nSPS) is 26.7. The van der Waals surface area contributed by atoms with E-state index in [1.165, 1.54) is 38.8 Å². The number of nitrogens with one attached hydrogen (secondary N) is 1. The Labute approximate surface area is 132 Å². The van der Waals surface area contributed by atoms with Gasteiger partial charge in [0.2, 0.25) is 0 Å². The van der Waals surface area contributed by atoms with Crippen molar-refractivity contribution in [2.45, 2.75) is 53.4 Å². The molecule has 0 aromatic rings. The van der Waals surface area contributed by atoms with Crippen molar-refractivity contribution in [2.24, 2.45) is 17.3 Å². The van der Waals surface area contributed by atoms with E-state index in [4.69, 9.17) is 4.74 Å². The fourth-order valence-corrected chi connectivity index (χ4v) is 3.41. The standard InChI is InChI=1S/C18H38N2O/c1-6-21-12-11-20(5)15-18(14-19-13-16(2)3)9-7-17(4)8-10-18/h16-17,19H,6-15H2,1-5H3. The summed E-state index contributed by atoms with van der Waals surface area (Å²) in [7, 11) is 2.25. The van der Waals surface area contributed by atoms with Crippen molar-refractivity contribution >= 4 is 0 Å². The van der Waals surface area contributed by atoms with Gasteiger partial charge < -0.3 is 15.0 Å². The van der Waals surface area contributed by atoms with Crippen LogP contribution in [0, 0.1) is 17.3 Å². The van der Waals surface area contributed by atoms with Crippen LogP contribution in [0.5, 0.6) is 0 Å². The lowest BCUT2D eigenvalue weighted by Crippen LogP contribution is -2.46. The molecule has 0 aliphatic heterocycles. The van der Waals surface area contributed by atoms with E-state index >= 15 is 0 Å². The van der Waals surface area contributed by atoms with Gasteiger partial charge in [-0.25, -0.2) is 0 Å². The van der Waals surface area contributed by atoms with Gasteiger partial charge in [0.25, 0.3) is 0 Å². The van der Waals surface area contributed by atoms with Crippen LogP contribution in [0.15, 0.2) is 0 Å². The lowest BCUT2D eigenvalue weighted by Gasteiger charge is -2.42. The smallest absolute Gasteiger partial charge is 0.0593 e. The molecular formula is C18H38N2O. The number of nitrogens with zero attached hydrogens (tertiary/aromatic N) is 1. The van der Waals surface area contributed by atoms with E-state index < -0.39 is 0 Å². The molecule has 0 amide bonds. The van der Waals surface area contributed by atoms with Gasteiger partial charge in [0.1, 0.15) is 0 Å².